The number of rotatable bonds is 7. The molecular formula is C21H27N5OS. The van der Waals surface area contributed by atoms with Crippen molar-refractivity contribution in [3.05, 3.63) is 57.9 Å². The van der Waals surface area contributed by atoms with Crippen molar-refractivity contribution in [2.45, 2.75) is 46.7 Å². The Morgan fingerprint density at radius 2 is 1.96 bits per heavy atom. The molecule has 6 nitrogen and oxygen atoms in total. The minimum Gasteiger partial charge on any atom is -0.444 e. The summed E-state index contributed by atoms with van der Waals surface area (Å²) in [5, 5.41) is 9.76. The lowest BCUT2D eigenvalue weighted by Crippen LogP contribution is -2.36. The molecule has 0 spiro atoms. The Bertz CT molecular complexity index is 911. The molecule has 0 unspecified atom stereocenters. The van der Waals surface area contributed by atoms with E-state index in [0.717, 1.165) is 34.5 Å². The van der Waals surface area contributed by atoms with Gasteiger partial charge in [-0.25, -0.2) is 15.0 Å². The summed E-state index contributed by atoms with van der Waals surface area (Å²) in [6.45, 7) is 10.3. The molecule has 0 aliphatic carbocycles. The molecular weight excluding hydrogens is 370 g/mol. The third-order valence-corrected chi connectivity index (χ3v) is 5.03. The number of oxazole rings is 1. The Morgan fingerprint density at radius 3 is 2.64 bits per heavy atom. The average Bonchev–Trinajstić information content (AvgIpc) is 3.34. The molecule has 0 saturated heterocycles. The third-order valence-electron chi connectivity index (χ3n) is 4.16. The van der Waals surface area contributed by atoms with Gasteiger partial charge in [0.05, 0.1) is 18.8 Å². The van der Waals surface area contributed by atoms with Crippen LogP contribution in [0.1, 0.15) is 48.6 Å². The number of aliphatic imine (C=N–C) groups is 1. The first-order valence-electron chi connectivity index (χ1n) is 9.53. The van der Waals surface area contributed by atoms with Gasteiger partial charge in [-0.3, -0.25) is 0 Å². The Labute approximate surface area is 170 Å². The number of thiazole rings is 1. The number of aromatic nitrogens is 2. The molecule has 0 amide bonds. The summed E-state index contributed by atoms with van der Waals surface area (Å²) < 4.78 is 5.61. The van der Waals surface area contributed by atoms with Gasteiger partial charge in [-0.2, -0.15) is 0 Å². The molecule has 0 atom stereocenters. The summed E-state index contributed by atoms with van der Waals surface area (Å²) in [5.41, 5.74) is 4.11. The van der Waals surface area contributed by atoms with E-state index < -0.39 is 0 Å². The Morgan fingerprint density at radius 1 is 1.18 bits per heavy atom. The van der Waals surface area contributed by atoms with E-state index in [4.69, 9.17) is 4.42 Å². The Hall–Kier alpha value is -2.67. The fourth-order valence-corrected chi connectivity index (χ4v) is 3.44. The maximum Gasteiger partial charge on any atom is 0.226 e. The lowest BCUT2D eigenvalue weighted by atomic mass is 10.1. The van der Waals surface area contributed by atoms with Crippen molar-refractivity contribution < 1.29 is 4.42 Å². The number of benzene rings is 1. The van der Waals surface area contributed by atoms with Crippen LogP contribution in [0.2, 0.25) is 0 Å². The van der Waals surface area contributed by atoms with Crippen LogP contribution in [0.25, 0.3) is 11.5 Å². The molecule has 7 heteroatoms. The molecule has 0 aliphatic rings. The second-order valence-corrected chi connectivity index (χ2v) is 7.82. The van der Waals surface area contributed by atoms with Crippen LogP contribution >= 0.6 is 11.3 Å². The van der Waals surface area contributed by atoms with Crippen molar-refractivity contribution in [1.82, 2.24) is 20.6 Å². The largest absolute Gasteiger partial charge is 0.444 e. The van der Waals surface area contributed by atoms with Crippen LogP contribution in [0.4, 0.5) is 0 Å². The van der Waals surface area contributed by atoms with Gasteiger partial charge >= 0.3 is 0 Å². The molecule has 148 valence electrons. The summed E-state index contributed by atoms with van der Waals surface area (Å²) >= 11 is 1.67. The Kier molecular flexibility index (Phi) is 6.81. The number of nitrogens with one attached hydrogen (secondary N) is 2. The SMILES string of the molecule is CCNC(=NCc1coc(-c2ccc(C)cc2)n1)NCc1nc(C(C)C)cs1. The molecule has 2 aromatic heterocycles. The predicted molar refractivity (Wildman–Crippen MR) is 115 cm³/mol. The first-order valence-corrected chi connectivity index (χ1v) is 10.4. The molecule has 2 N–H and O–H groups in total. The maximum absolute atomic E-state index is 5.61. The molecule has 0 fully saturated rings. The lowest BCUT2D eigenvalue weighted by molar-refractivity contribution is 0.572. The molecule has 3 aromatic rings. The van der Waals surface area contributed by atoms with Gasteiger partial charge in [0.25, 0.3) is 0 Å². The fraction of sp³-hybridized carbons (Fsp3) is 0.381. The first kappa shape index (κ1) is 20.1. The standard InChI is InChI=1S/C21H27N5OS/c1-5-22-21(24-11-19-26-18(13-28-19)14(2)3)23-10-17-12-27-20(25-17)16-8-6-15(4)7-9-16/h6-9,12-14H,5,10-11H2,1-4H3,(H2,22,23,24). The van der Waals surface area contributed by atoms with Crippen molar-refractivity contribution in [3.8, 4) is 11.5 Å². The van der Waals surface area contributed by atoms with Gasteiger partial charge in [-0.05, 0) is 31.9 Å². The zero-order valence-corrected chi connectivity index (χ0v) is 17.6. The highest BCUT2D eigenvalue weighted by molar-refractivity contribution is 7.09. The quantitative estimate of drug-likeness (QED) is 0.454. The van der Waals surface area contributed by atoms with Crippen molar-refractivity contribution in [2.75, 3.05) is 6.54 Å². The van der Waals surface area contributed by atoms with Gasteiger partial charge in [0, 0.05) is 17.5 Å². The van der Waals surface area contributed by atoms with Crippen LogP contribution < -0.4 is 10.6 Å². The van der Waals surface area contributed by atoms with Crippen LogP contribution in [0.5, 0.6) is 0 Å². The van der Waals surface area contributed by atoms with Crippen LogP contribution in [0, 0.1) is 6.92 Å². The summed E-state index contributed by atoms with van der Waals surface area (Å²) in [6.07, 6.45) is 1.66. The number of hydrogen-bond acceptors (Lipinski definition) is 5. The highest BCUT2D eigenvalue weighted by Crippen LogP contribution is 2.19. The van der Waals surface area contributed by atoms with Crippen molar-refractivity contribution >= 4 is 17.3 Å². The third kappa shape index (κ3) is 5.42. The van der Waals surface area contributed by atoms with E-state index in [1.807, 2.05) is 31.2 Å². The monoisotopic (exact) mass is 397 g/mol. The molecule has 0 aliphatic heterocycles. The van der Waals surface area contributed by atoms with Gasteiger partial charge in [0.15, 0.2) is 5.96 Å². The zero-order chi connectivity index (χ0) is 19.9. The molecule has 3 rings (SSSR count). The minimum absolute atomic E-state index is 0.444. The van der Waals surface area contributed by atoms with Crippen molar-refractivity contribution in [3.63, 3.8) is 0 Å². The van der Waals surface area contributed by atoms with Crippen LogP contribution in [-0.2, 0) is 13.1 Å². The number of hydrogen-bond donors (Lipinski definition) is 2. The molecule has 1 aromatic carbocycles. The normalized spacial score (nSPS) is 11.8. The average molecular weight is 398 g/mol. The molecule has 0 radical (unpaired) electrons. The van der Waals surface area contributed by atoms with E-state index in [9.17, 15) is 0 Å². The summed E-state index contributed by atoms with van der Waals surface area (Å²) in [6, 6.07) is 8.13. The van der Waals surface area contributed by atoms with Crippen molar-refractivity contribution in [2.24, 2.45) is 4.99 Å². The van der Waals surface area contributed by atoms with E-state index in [1.165, 1.54) is 5.56 Å². The van der Waals surface area contributed by atoms with Gasteiger partial charge < -0.3 is 15.1 Å². The summed E-state index contributed by atoms with van der Waals surface area (Å²) in [4.78, 5) is 13.8. The van der Waals surface area contributed by atoms with E-state index in [0.29, 0.717) is 24.9 Å². The fourth-order valence-electron chi connectivity index (χ4n) is 2.54. The van der Waals surface area contributed by atoms with Gasteiger partial charge in [0.1, 0.15) is 17.0 Å². The minimum atomic E-state index is 0.444. The van der Waals surface area contributed by atoms with Crippen molar-refractivity contribution in [1.29, 1.82) is 0 Å². The van der Waals surface area contributed by atoms with Gasteiger partial charge in [-0.15, -0.1) is 11.3 Å². The van der Waals surface area contributed by atoms with Gasteiger partial charge in [0.2, 0.25) is 5.89 Å². The van der Waals surface area contributed by atoms with Crippen LogP contribution in [0.15, 0.2) is 45.3 Å². The lowest BCUT2D eigenvalue weighted by Gasteiger charge is -2.09. The van der Waals surface area contributed by atoms with Crippen LogP contribution in [-0.4, -0.2) is 22.5 Å². The topological polar surface area (TPSA) is 75.3 Å². The highest BCUT2D eigenvalue weighted by atomic mass is 32.1. The first-order chi connectivity index (χ1) is 13.5. The van der Waals surface area contributed by atoms with Gasteiger partial charge in [-0.1, -0.05) is 31.5 Å². The zero-order valence-electron chi connectivity index (χ0n) is 16.8. The maximum atomic E-state index is 5.61. The number of guanidine groups is 1. The second kappa shape index (κ2) is 9.50. The van der Waals surface area contributed by atoms with E-state index in [-0.39, 0.29) is 0 Å². The van der Waals surface area contributed by atoms with E-state index in [1.54, 1.807) is 17.6 Å². The van der Waals surface area contributed by atoms with Crippen LogP contribution in [0.3, 0.4) is 0 Å². The summed E-state index contributed by atoms with van der Waals surface area (Å²) in [5.74, 6) is 1.80. The second-order valence-electron chi connectivity index (χ2n) is 6.88. The summed E-state index contributed by atoms with van der Waals surface area (Å²) in [7, 11) is 0. The number of nitrogens with zero attached hydrogens (tertiary/aromatic N) is 3. The van der Waals surface area contributed by atoms with E-state index >= 15 is 0 Å². The van der Waals surface area contributed by atoms with E-state index in [2.05, 4.69) is 51.7 Å². The highest BCUT2D eigenvalue weighted by Gasteiger charge is 2.08. The predicted octanol–water partition coefficient (Wildman–Crippen LogP) is 4.49. The molecule has 0 saturated carbocycles. The molecule has 0 bridgehead atoms. The molecule has 28 heavy (non-hydrogen) atoms. The Balaban J connectivity index is 1.61. The smallest absolute Gasteiger partial charge is 0.226 e. The number of aryl methyl sites for hydroxylation is 1. The molecule has 2 heterocycles.